The number of rotatable bonds is 2. The molecule has 0 unspecified atom stereocenters. The number of nitrogens with one attached hydrogen (secondary N) is 1. The summed E-state index contributed by atoms with van der Waals surface area (Å²) in [6.07, 6.45) is 3.78. The van der Waals surface area contributed by atoms with E-state index in [0.29, 0.717) is 0 Å². The van der Waals surface area contributed by atoms with Crippen LogP contribution < -0.4 is 10.2 Å². The molecule has 2 rings (SSSR count). The van der Waals surface area contributed by atoms with Crippen molar-refractivity contribution in [3.05, 3.63) is 23.8 Å². The van der Waals surface area contributed by atoms with Gasteiger partial charge in [0.25, 0.3) is 0 Å². The van der Waals surface area contributed by atoms with Gasteiger partial charge in [0.2, 0.25) is 0 Å². The summed E-state index contributed by atoms with van der Waals surface area (Å²) in [5.74, 6) is 0. The molecule has 16 heavy (non-hydrogen) atoms. The van der Waals surface area contributed by atoms with Crippen LogP contribution in [0, 0.1) is 11.3 Å². The summed E-state index contributed by atoms with van der Waals surface area (Å²) >= 11 is 0. The van der Waals surface area contributed by atoms with E-state index in [1.807, 2.05) is 19.2 Å². The number of nitriles is 1. The van der Waals surface area contributed by atoms with Crippen LogP contribution in [0.3, 0.4) is 0 Å². The molecule has 0 amide bonds. The molecule has 0 saturated carbocycles. The predicted octanol–water partition coefficient (Wildman–Crippen LogP) is 2.59. The minimum Gasteiger partial charge on any atom is -0.388 e. The van der Waals surface area contributed by atoms with Crippen LogP contribution in [0.5, 0.6) is 0 Å². The molecule has 1 aromatic carbocycles. The fourth-order valence-electron chi connectivity index (χ4n) is 2.19. The Morgan fingerprint density at radius 1 is 1.25 bits per heavy atom. The smallest absolute Gasteiger partial charge is 0.101 e. The molecule has 1 aliphatic rings. The summed E-state index contributed by atoms with van der Waals surface area (Å²) in [4.78, 5) is 2.32. The zero-order chi connectivity index (χ0) is 11.4. The van der Waals surface area contributed by atoms with Crippen LogP contribution in [-0.2, 0) is 0 Å². The highest BCUT2D eigenvalue weighted by Gasteiger charge is 2.14. The lowest BCUT2D eigenvalue weighted by Crippen LogP contribution is -2.29. The number of nitrogens with zero attached hydrogens (tertiary/aromatic N) is 2. The quantitative estimate of drug-likeness (QED) is 0.824. The molecule has 1 aromatic rings. The third kappa shape index (κ3) is 2.11. The van der Waals surface area contributed by atoms with E-state index in [1.165, 1.54) is 19.3 Å². The van der Waals surface area contributed by atoms with Crippen molar-refractivity contribution in [3.8, 4) is 6.07 Å². The van der Waals surface area contributed by atoms with Gasteiger partial charge in [0.15, 0.2) is 0 Å². The molecule has 1 aliphatic heterocycles. The first-order valence-electron chi connectivity index (χ1n) is 5.82. The summed E-state index contributed by atoms with van der Waals surface area (Å²) in [7, 11) is 1.87. The molecule has 0 spiro atoms. The zero-order valence-electron chi connectivity index (χ0n) is 9.66. The number of anilines is 2. The highest BCUT2D eigenvalue weighted by molar-refractivity contribution is 5.65. The molecule has 1 N–H and O–H groups in total. The van der Waals surface area contributed by atoms with E-state index in [1.54, 1.807) is 0 Å². The van der Waals surface area contributed by atoms with Gasteiger partial charge in [-0.25, -0.2) is 0 Å². The van der Waals surface area contributed by atoms with Crippen LogP contribution in [0.25, 0.3) is 0 Å². The maximum atomic E-state index is 9.16. The van der Waals surface area contributed by atoms with Crippen molar-refractivity contribution in [2.45, 2.75) is 19.3 Å². The Hall–Kier alpha value is -1.69. The van der Waals surface area contributed by atoms with Gasteiger partial charge in [0.1, 0.15) is 6.07 Å². The molecule has 3 nitrogen and oxygen atoms in total. The van der Waals surface area contributed by atoms with Crippen molar-refractivity contribution in [2.75, 3.05) is 30.4 Å². The Morgan fingerprint density at radius 3 is 2.62 bits per heavy atom. The van der Waals surface area contributed by atoms with E-state index in [-0.39, 0.29) is 0 Å². The van der Waals surface area contributed by atoms with Gasteiger partial charge in [-0.2, -0.15) is 5.26 Å². The summed E-state index contributed by atoms with van der Waals surface area (Å²) in [6.45, 7) is 2.15. The van der Waals surface area contributed by atoms with E-state index in [2.05, 4.69) is 22.4 Å². The summed E-state index contributed by atoms with van der Waals surface area (Å²) in [5.41, 5.74) is 2.85. The van der Waals surface area contributed by atoms with Crippen molar-refractivity contribution in [2.24, 2.45) is 0 Å². The Labute approximate surface area is 96.7 Å². The Morgan fingerprint density at radius 2 is 2.00 bits per heavy atom. The molecule has 0 aliphatic carbocycles. The van der Waals surface area contributed by atoms with E-state index in [0.717, 1.165) is 30.0 Å². The van der Waals surface area contributed by atoms with Crippen molar-refractivity contribution >= 4 is 11.4 Å². The minimum atomic E-state index is 0.772. The summed E-state index contributed by atoms with van der Waals surface area (Å²) < 4.78 is 0. The normalized spacial score (nSPS) is 15.6. The van der Waals surface area contributed by atoms with E-state index >= 15 is 0 Å². The molecule has 0 atom stereocenters. The largest absolute Gasteiger partial charge is 0.388 e. The summed E-state index contributed by atoms with van der Waals surface area (Å²) in [6, 6.07) is 8.29. The Bertz CT molecular complexity index is 400. The van der Waals surface area contributed by atoms with Crippen molar-refractivity contribution in [3.63, 3.8) is 0 Å². The molecule has 1 heterocycles. The Balaban J connectivity index is 2.29. The highest BCUT2D eigenvalue weighted by Crippen LogP contribution is 2.26. The van der Waals surface area contributed by atoms with Gasteiger partial charge in [-0.05, 0) is 37.5 Å². The van der Waals surface area contributed by atoms with Gasteiger partial charge in [-0.1, -0.05) is 0 Å². The maximum absolute atomic E-state index is 9.16. The fraction of sp³-hybridized carbons (Fsp3) is 0.462. The topological polar surface area (TPSA) is 39.1 Å². The molecule has 3 heteroatoms. The number of hydrogen-bond donors (Lipinski definition) is 1. The first kappa shape index (κ1) is 10.8. The van der Waals surface area contributed by atoms with Crippen LogP contribution in [0.4, 0.5) is 11.4 Å². The van der Waals surface area contributed by atoms with Crippen molar-refractivity contribution < 1.29 is 0 Å². The van der Waals surface area contributed by atoms with Gasteiger partial charge in [-0.15, -0.1) is 0 Å². The molecule has 1 saturated heterocycles. The van der Waals surface area contributed by atoms with Gasteiger partial charge in [0.05, 0.1) is 11.3 Å². The molecule has 1 fully saturated rings. The predicted molar refractivity (Wildman–Crippen MR) is 66.8 cm³/mol. The molecular weight excluding hydrogens is 198 g/mol. The van der Waals surface area contributed by atoms with Crippen molar-refractivity contribution in [1.82, 2.24) is 0 Å². The van der Waals surface area contributed by atoms with Gasteiger partial charge in [-0.3, -0.25) is 0 Å². The Kier molecular flexibility index (Phi) is 3.31. The molecule has 0 aromatic heterocycles. The van der Waals surface area contributed by atoms with Gasteiger partial charge < -0.3 is 10.2 Å². The third-order valence-electron chi connectivity index (χ3n) is 3.10. The van der Waals surface area contributed by atoms with Crippen LogP contribution >= 0.6 is 0 Å². The van der Waals surface area contributed by atoms with Crippen molar-refractivity contribution in [1.29, 1.82) is 5.26 Å². The van der Waals surface area contributed by atoms with Crippen LogP contribution in [-0.4, -0.2) is 20.1 Å². The number of piperidine rings is 1. The molecular formula is C13H17N3. The van der Waals surface area contributed by atoms with E-state index in [9.17, 15) is 0 Å². The molecule has 0 bridgehead atoms. The SMILES string of the molecule is CNc1ccc(N2CCCCC2)c(C#N)c1. The van der Waals surface area contributed by atoms with E-state index < -0.39 is 0 Å². The van der Waals surface area contributed by atoms with E-state index in [4.69, 9.17) is 5.26 Å². The maximum Gasteiger partial charge on any atom is 0.101 e. The summed E-state index contributed by atoms with van der Waals surface area (Å²) in [5, 5.41) is 12.2. The number of benzene rings is 1. The monoisotopic (exact) mass is 215 g/mol. The van der Waals surface area contributed by atoms with Crippen LogP contribution in [0.1, 0.15) is 24.8 Å². The lowest BCUT2D eigenvalue weighted by Gasteiger charge is -2.29. The first-order valence-corrected chi connectivity index (χ1v) is 5.82. The average Bonchev–Trinajstić information content (AvgIpc) is 2.39. The molecule has 0 radical (unpaired) electrons. The fourth-order valence-corrected chi connectivity index (χ4v) is 2.19. The average molecular weight is 215 g/mol. The first-order chi connectivity index (χ1) is 7.85. The number of hydrogen-bond acceptors (Lipinski definition) is 3. The minimum absolute atomic E-state index is 0.772. The second-order valence-corrected chi connectivity index (χ2v) is 4.14. The standard InChI is InChI=1S/C13H17N3/c1-15-12-5-6-13(11(9-12)10-14)16-7-3-2-4-8-16/h5-6,9,15H,2-4,7-8H2,1H3. The second-order valence-electron chi connectivity index (χ2n) is 4.14. The third-order valence-corrected chi connectivity index (χ3v) is 3.10. The van der Waals surface area contributed by atoms with Gasteiger partial charge in [0, 0.05) is 25.8 Å². The van der Waals surface area contributed by atoms with Crippen LogP contribution in [0.15, 0.2) is 18.2 Å². The zero-order valence-corrected chi connectivity index (χ0v) is 9.66. The van der Waals surface area contributed by atoms with Gasteiger partial charge >= 0.3 is 0 Å². The molecule has 84 valence electrons. The van der Waals surface area contributed by atoms with Crippen LogP contribution in [0.2, 0.25) is 0 Å². The highest BCUT2D eigenvalue weighted by atomic mass is 15.1. The second kappa shape index (κ2) is 4.89. The lowest BCUT2D eigenvalue weighted by atomic mass is 10.1. The lowest BCUT2D eigenvalue weighted by molar-refractivity contribution is 0.577.